The van der Waals surface area contributed by atoms with E-state index in [0.717, 1.165) is 22.1 Å². The second-order valence-corrected chi connectivity index (χ2v) is 3.98. The zero-order valence-electron chi connectivity index (χ0n) is 9.51. The predicted octanol–water partition coefficient (Wildman–Crippen LogP) is 3.09. The lowest BCUT2D eigenvalue weighted by molar-refractivity contribution is 0.0686. The number of nitrogens with zero attached hydrogens (tertiary/aromatic N) is 1. The zero-order chi connectivity index (χ0) is 12.7. The number of benzene rings is 1. The Hall–Kier alpha value is -2.56. The average Bonchev–Trinajstić information content (AvgIpc) is 2.96. The number of hydrogen-bond acceptors (Lipinski definition) is 4. The van der Waals surface area contributed by atoms with Crippen LogP contribution in [-0.4, -0.2) is 16.2 Å². The van der Waals surface area contributed by atoms with Crippen LogP contribution in [0.4, 0.5) is 0 Å². The number of aromatic nitrogens is 1. The number of carboxylic acid groups (broad SMARTS) is 1. The molecule has 0 fully saturated rings. The SMILES string of the molecule is Cc1coc2cccc(-c3cc(C(=O)O)no3)c12. The number of furan rings is 1. The van der Waals surface area contributed by atoms with Gasteiger partial charge in [0.25, 0.3) is 0 Å². The number of carbonyl (C=O) groups is 1. The Morgan fingerprint density at radius 3 is 2.94 bits per heavy atom. The van der Waals surface area contributed by atoms with Gasteiger partial charge in [0, 0.05) is 17.0 Å². The lowest BCUT2D eigenvalue weighted by Gasteiger charge is -1.98. The van der Waals surface area contributed by atoms with Gasteiger partial charge in [-0.2, -0.15) is 0 Å². The minimum absolute atomic E-state index is 0.108. The first kappa shape index (κ1) is 10.6. The molecule has 0 unspecified atom stereocenters. The van der Waals surface area contributed by atoms with Crippen LogP contribution in [0.15, 0.2) is 39.5 Å². The Morgan fingerprint density at radius 2 is 2.22 bits per heavy atom. The topological polar surface area (TPSA) is 76.5 Å². The Bertz CT molecular complexity index is 738. The van der Waals surface area contributed by atoms with Crippen molar-refractivity contribution in [2.24, 2.45) is 0 Å². The summed E-state index contributed by atoms with van der Waals surface area (Å²) in [7, 11) is 0. The molecule has 0 amide bonds. The highest BCUT2D eigenvalue weighted by atomic mass is 16.5. The highest BCUT2D eigenvalue weighted by molar-refractivity contribution is 5.96. The molecule has 2 heterocycles. The minimum Gasteiger partial charge on any atom is -0.476 e. The molecule has 0 spiro atoms. The van der Waals surface area contributed by atoms with E-state index in [4.69, 9.17) is 14.0 Å². The Morgan fingerprint density at radius 1 is 1.39 bits per heavy atom. The first-order chi connectivity index (χ1) is 8.66. The van der Waals surface area contributed by atoms with Gasteiger partial charge < -0.3 is 14.0 Å². The van der Waals surface area contributed by atoms with Gasteiger partial charge in [0.15, 0.2) is 11.5 Å². The summed E-state index contributed by atoms with van der Waals surface area (Å²) in [5.41, 5.74) is 2.37. The van der Waals surface area contributed by atoms with Gasteiger partial charge in [-0.25, -0.2) is 4.79 Å². The lowest BCUT2D eigenvalue weighted by atomic mass is 10.0. The van der Waals surface area contributed by atoms with Crippen molar-refractivity contribution in [3.63, 3.8) is 0 Å². The Labute approximate surface area is 102 Å². The number of fused-ring (bicyclic) bond motifs is 1. The van der Waals surface area contributed by atoms with Crippen molar-refractivity contribution < 1.29 is 18.8 Å². The average molecular weight is 243 g/mol. The van der Waals surface area contributed by atoms with E-state index in [9.17, 15) is 4.79 Å². The number of carboxylic acids is 1. The summed E-state index contributed by atoms with van der Waals surface area (Å²) in [4.78, 5) is 10.8. The summed E-state index contributed by atoms with van der Waals surface area (Å²) in [6.07, 6.45) is 1.66. The summed E-state index contributed by atoms with van der Waals surface area (Å²) in [6, 6.07) is 6.92. The molecule has 5 heteroatoms. The molecule has 5 nitrogen and oxygen atoms in total. The second kappa shape index (κ2) is 3.73. The van der Waals surface area contributed by atoms with Crippen molar-refractivity contribution in [3.05, 3.63) is 41.8 Å². The molecule has 0 radical (unpaired) electrons. The standard InChI is InChI=1S/C13H9NO4/c1-7-6-17-10-4-2-3-8(12(7)10)11-5-9(13(15)16)14-18-11/h2-6H,1H3,(H,15,16). The molecule has 2 aromatic heterocycles. The zero-order valence-corrected chi connectivity index (χ0v) is 9.51. The number of aromatic carboxylic acids is 1. The van der Waals surface area contributed by atoms with Crippen molar-refractivity contribution in [1.29, 1.82) is 0 Å². The van der Waals surface area contributed by atoms with Crippen LogP contribution in [0.5, 0.6) is 0 Å². The Balaban J connectivity index is 2.24. The van der Waals surface area contributed by atoms with Crippen LogP contribution in [-0.2, 0) is 0 Å². The van der Waals surface area contributed by atoms with Gasteiger partial charge in [0.05, 0.1) is 6.26 Å². The summed E-state index contributed by atoms with van der Waals surface area (Å²) >= 11 is 0. The van der Waals surface area contributed by atoms with E-state index in [0.29, 0.717) is 5.76 Å². The molecule has 3 aromatic rings. The third-order valence-corrected chi connectivity index (χ3v) is 2.78. The summed E-state index contributed by atoms with van der Waals surface area (Å²) in [6.45, 7) is 1.92. The molecule has 0 aliphatic carbocycles. The molecular formula is C13H9NO4. The lowest BCUT2D eigenvalue weighted by Crippen LogP contribution is -1.94. The fourth-order valence-electron chi connectivity index (χ4n) is 1.96. The van der Waals surface area contributed by atoms with Crippen LogP contribution < -0.4 is 0 Å². The first-order valence-electron chi connectivity index (χ1n) is 5.34. The monoisotopic (exact) mass is 243 g/mol. The highest BCUT2D eigenvalue weighted by Crippen LogP contribution is 2.32. The van der Waals surface area contributed by atoms with Gasteiger partial charge in [-0.05, 0) is 18.6 Å². The molecule has 0 saturated heterocycles. The molecule has 0 aliphatic heterocycles. The van der Waals surface area contributed by atoms with Crippen LogP contribution in [0.1, 0.15) is 16.1 Å². The minimum atomic E-state index is -1.11. The van der Waals surface area contributed by atoms with Crippen LogP contribution in [0.2, 0.25) is 0 Å². The normalized spacial score (nSPS) is 10.9. The van der Waals surface area contributed by atoms with Crippen molar-refractivity contribution in [2.75, 3.05) is 0 Å². The van der Waals surface area contributed by atoms with E-state index in [1.54, 1.807) is 6.26 Å². The molecule has 0 aliphatic rings. The maximum Gasteiger partial charge on any atom is 0.358 e. The maximum atomic E-state index is 10.8. The van der Waals surface area contributed by atoms with Crippen molar-refractivity contribution in [1.82, 2.24) is 5.16 Å². The molecule has 90 valence electrons. The second-order valence-electron chi connectivity index (χ2n) is 3.98. The number of rotatable bonds is 2. The van der Waals surface area contributed by atoms with E-state index in [2.05, 4.69) is 5.16 Å². The molecule has 0 saturated carbocycles. The first-order valence-corrected chi connectivity index (χ1v) is 5.34. The number of aryl methyl sites for hydroxylation is 1. The molecule has 18 heavy (non-hydrogen) atoms. The third-order valence-electron chi connectivity index (χ3n) is 2.78. The van der Waals surface area contributed by atoms with Crippen molar-refractivity contribution >= 4 is 16.9 Å². The fourth-order valence-corrected chi connectivity index (χ4v) is 1.96. The quantitative estimate of drug-likeness (QED) is 0.748. The van der Waals surface area contributed by atoms with Gasteiger partial charge in [0.2, 0.25) is 0 Å². The van der Waals surface area contributed by atoms with Crippen molar-refractivity contribution in [3.8, 4) is 11.3 Å². The highest BCUT2D eigenvalue weighted by Gasteiger charge is 2.16. The van der Waals surface area contributed by atoms with Gasteiger partial charge in [-0.15, -0.1) is 0 Å². The Kier molecular flexibility index (Phi) is 2.19. The molecule has 1 N–H and O–H groups in total. The number of hydrogen-bond donors (Lipinski definition) is 1. The smallest absolute Gasteiger partial charge is 0.358 e. The van der Waals surface area contributed by atoms with Gasteiger partial charge in [0.1, 0.15) is 5.58 Å². The molecule has 3 rings (SSSR count). The van der Waals surface area contributed by atoms with Crippen LogP contribution in [0, 0.1) is 6.92 Å². The van der Waals surface area contributed by atoms with E-state index in [1.165, 1.54) is 6.07 Å². The van der Waals surface area contributed by atoms with E-state index in [1.807, 2.05) is 25.1 Å². The van der Waals surface area contributed by atoms with Crippen LogP contribution >= 0.6 is 0 Å². The van der Waals surface area contributed by atoms with Crippen LogP contribution in [0.25, 0.3) is 22.3 Å². The molecule has 0 atom stereocenters. The van der Waals surface area contributed by atoms with E-state index >= 15 is 0 Å². The molecule has 1 aromatic carbocycles. The summed E-state index contributed by atoms with van der Waals surface area (Å²) in [5, 5.41) is 13.2. The maximum absolute atomic E-state index is 10.8. The van der Waals surface area contributed by atoms with Crippen molar-refractivity contribution in [2.45, 2.75) is 6.92 Å². The predicted molar refractivity (Wildman–Crippen MR) is 63.4 cm³/mol. The van der Waals surface area contributed by atoms with Gasteiger partial charge in [-0.3, -0.25) is 0 Å². The largest absolute Gasteiger partial charge is 0.476 e. The van der Waals surface area contributed by atoms with Crippen LogP contribution in [0.3, 0.4) is 0 Å². The van der Waals surface area contributed by atoms with E-state index in [-0.39, 0.29) is 5.69 Å². The molecular weight excluding hydrogens is 234 g/mol. The van der Waals surface area contributed by atoms with Gasteiger partial charge >= 0.3 is 5.97 Å². The fraction of sp³-hybridized carbons (Fsp3) is 0.0769. The summed E-state index contributed by atoms with van der Waals surface area (Å²) < 4.78 is 10.5. The third kappa shape index (κ3) is 1.48. The molecule has 0 bridgehead atoms. The summed E-state index contributed by atoms with van der Waals surface area (Å²) in [5.74, 6) is -0.691. The van der Waals surface area contributed by atoms with Gasteiger partial charge in [-0.1, -0.05) is 17.3 Å². The van der Waals surface area contributed by atoms with E-state index < -0.39 is 5.97 Å².